The summed E-state index contributed by atoms with van der Waals surface area (Å²) < 4.78 is 0. The third-order valence-corrected chi connectivity index (χ3v) is 3.02. The predicted molar refractivity (Wildman–Crippen MR) is 80.6 cm³/mol. The summed E-state index contributed by atoms with van der Waals surface area (Å²) in [5, 5.41) is 9.56. The Morgan fingerprint density at radius 1 is 1.06 bits per heavy atom. The molecule has 0 fully saturated rings. The second-order valence-corrected chi connectivity index (χ2v) is 4.59. The zero-order chi connectivity index (χ0) is 13.4. The molecule has 2 rings (SSSR count). The van der Waals surface area contributed by atoms with E-state index in [9.17, 15) is 0 Å². The number of hydrogen-bond donors (Lipinski definition) is 2. The number of aliphatic hydroxyl groups is 1. The molecule has 2 aromatic rings. The average molecular weight is 308 g/mol. The fourth-order valence-electron chi connectivity index (χ4n) is 1.49. The molecule has 0 bridgehead atoms. The van der Waals surface area contributed by atoms with Crippen molar-refractivity contribution in [1.82, 2.24) is 0 Å². The normalized spacial score (nSPS) is 9.50. The highest BCUT2D eigenvalue weighted by atomic mass is 79.9. The summed E-state index contributed by atoms with van der Waals surface area (Å²) in [5.74, 6) is 0. The summed E-state index contributed by atoms with van der Waals surface area (Å²) in [7, 11) is 0. The Morgan fingerprint density at radius 2 is 1.72 bits per heavy atom. The standard InChI is InChI=1S/C8H9Br.C7H9NO/c1-7-3-2-4-8(5-7)6-9;8-7-3-1-2-6(4-7)5-9/h2-5H,6H2,1H3;1-4,9H,5,8H2. The molecule has 0 unspecified atom stereocenters. The lowest BCUT2D eigenvalue weighted by atomic mass is 10.2. The van der Waals surface area contributed by atoms with Gasteiger partial charge in [0.2, 0.25) is 0 Å². The quantitative estimate of drug-likeness (QED) is 0.657. The van der Waals surface area contributed by atoms with Crippen molar-refractivity contribution in [2.75, 3.05) is 5.73 Å². The highest BCUT2D eigenvalue weighted by Crippen LogP contribution is 2.07. The van der Waals surface area contributed by atoms with Crippen LogP contribution in [0.1, 0.15) is 16.7 Å². The lowest BCUT2D eigenvalue weighted by Crippen LogP contribution is -1.87. The number of anilines is 1. The van der Waals surface area contributed by atoms with Crippen LogP contribution in [0.4, 0.5) is 5.69 Å². The number of nitrogen functional groups attached to an aromatic ring is 1. The van der Waals surface area contributed by atoms with Crippen molar-refractivity contribution < 1.29 is 5.11 Å². The summed E-state index contributed by atoms with van der Waals surface area (Å²) in [6.07, 6.45) is 0. The topological polar surface area (TPSA) is 46.2 Å². The van der Waals surface area contributed by atoms with Gasteiger partial charge in [-0.05, 0) is 30.2 Å². The molecule has 2 nitrogen and oxygen atoms in total. The molecule has 2 aromatic carbocycles. The number of hydrogen-bond acceptors (Lipinski definition) is 2. The molecule has 18 heavy (non-hydrogen) atoms. The number of nitrogens with two attached hydrogens (primary N) is 1. The molecule has 0 saturated carbocycles. The van der Waals surface area contributed by atoms with Crippen molar-refractivity contribution in [3.63, 3.8) is 0 Å². The lowest BCUT2D eigenvalue weighted by Gasteiger charge is -1.94. The third-order valence-electron chi connectivity index (χ3n) is 2.37. The molecule has 0 atom stereocenters. The Bertz CT molecular complexity index is 440. The van der Waals surface area contributed by atoms with Gasteiger partial charge in [-0.25, -0.2) is 0 Å². The summed E-state index contributed by atoms with van der Waals surface area (Å²) in [6, 6.07) is 15.7. The van der Waals surface area contributed by atoms with Gasteiger partial charge >= 0.3 is 0 Å². The van der Waals surface area contributed by atoms with Crippen LogP contribution in [0, 0.1) is 6.92 Å². The van der Waals surface area contributed by atoms with Crippen LogP contribution < -0.4 is 5.73 Å². The number of aryl methyl sites for hydroxylation is 1. The Labute approximate surface area is 117 Å². The van der Waals surface area contributed by atoms with Gasteiger partial charge in [-0.3, -0.25) is 0 Å². The van der Waals surface area contributed by atoms with Gasteiger partial charge in [0, 0.05) is 11.0 Å². The van der Waals surface area contributed by atoms with E-state index < -0.39 is 0 Å². The van der Waals surface area contributed by atoms with Crippen LogP contribution in [0.25, 0.3) is 0 Å². The number of aliphatic hydroxyl groups excluding tert-OH is 1. The highest BCUT2D eigenvalue weighted by molar-refractivity contribution is 9.08. The van der Waals surface area contributed by atoms with Gasteiger partial charge in [-0.15, -0.1) is 0 Å². The molecular formula is C15H18BrNO. The molecular weight excluding hydrogens is 290 g/mol. The van der Waals surface area contributed by atoms with Crippen molar-refractivity contribution in [1.29, 1.82) is 0 Å². The van der Waals surface area contributed by atoms with Crippen LogP contribution in [0.5, 0.6) is 0 Å². The van der Waals surface area contributed by atoms with Crippen molar-refractivity contribution in [3.05, 3.63) is 65.2 Å². The first-order valence-electron chi connectivity index (χ1n) is 5.72. The first-order chi connectivity index (χ1) is 8.65. The summed E-state index contributed by atoms with van der Waals surface area (Å²) in [6.45, 7) is 2.16. The smallest absolute Gasteiger partial charge is 0.0682 e. The molecule has 0 radical (unpaired) electrons. The van der Waals surface area contributed by atoms with E-state index in [-0.39, 0.29) is 6.61 Å². The van der Waals surface area contributed by atoms with E-state index in [1.807, 2.05) is 12.1 Å². The highest BCUT2D eigenvalue weighted by Gasteiger charge is 1.87. The zero-order valence-corrected chi connectivity index (χ0v) is 12.0. The number of alkyl halides is 1. The molecule has 3 N–H and O–H groups in total. The fraction of sp³-hybridized carbons (Fsp3) is 0.200. The fourth-order valence-corrected chi connectivity index (χ4v) is 1.84. The molecule has 0 aliphatic carbocycles. The van der Waals surface area contributed by atoms with Gasteiger partial charge in [-0.2, -0.15) is 0 Å². The Morgan fingerprint density at radius 3 is 2.17 bits per heavy atom. The maximum absolute atomic E-state index is 8.61. The third kappa shape index (κ3) is 5.34. The second kappa shape index (κ2) is 7.90. The monoisotopic (exact) mass is 307 g/mol. The minimum Gasteiger partial charge on any atom is -0.399 e. The van der Waals surface area contributed by atoms with Gasteiger partial charge < -0.3 is 10.8 Å². The molecule has 3 heteroatoms. The van der Waals surface area contributed by atoms with E-state index in [4.69, 9.17) is 10.8 Å². The van der Waals surface area contributed by atoms with Crippen LogP contribution in [0.3, 0.4) is 0 Å². The average Bonchev–Trinajstić information content (AvgIpc) is 2.39. The Hall–Kier alpha value is -1.32. The second-order valence-electron chi connectivity index (χ2n) is 4.03. The largest absolute Gasteiger partial charge is 0.399 e. The predicted octanol–water partition coefficient (Wildman–Crippen LogP) is 3.65. The van der Waals surface area contributed by atoms with Gasteiger partial charge in [0.05, 0.1) is 6.61 Å². The van der Waals surface area contributed by atoms with Crippen molar-refractivity contribution in [2.24, 2.45) is 0 Å². The molecule has 0 aromatic heterocycles. The van der Waals surface area contributed by atoms with Crippen molar-refractivity contribution in [3.8, 4) is 0 Å². The van der Waals surface area contributed by atoms with E-state index in [0.29, 0.717) is 5.69 Å². The van der Waals surface area contributed by atoms with Gasteiger partial charge in [0.15, 0.2) is 0 Å². The number of halogens is 1. The van der Waals surface area contributed by atoms with E-state index >= 15 is 0 Å². The van der Waals surface area contributed by atoms with E-state index in [0.717, 1.165) is 10.9 Å². The van der Waals surface area contributed by atoms with Crippen LogP contribution in [0.15, 0.2) is 48.5 Å². The van der Waals surface area contributed by atoms with E-state index in [1.54, 1.807) is 12.1 Å². The first-order valence-corrected chi connectivity index (χ1v) is 6.84. The maximum Gasteiger partial charge on any atom is 0.0682 e. The summed E-state index contributed by atoms with van der Waals surface area (Å²) >= 11 is 3.39. The summed E-state index contributed by atoms with van der Waals surface area (Å²) in [4.78, 5) is 0. The number of benzene rings is 2. The van der Waals surface area contributed by atoms with E-state index in [1.165, 1.54) is 11.1 Å². The minimum absolute atomic E-state index is 0.0606. The molecule has 0 amide bonds. The summed E-state index contributed by atoms with van der Waals surface area (Å²) in [5.41, 5.74) is 9.64. The first kappa shape index (κ1) is 14.7. The van der Waals surface area contributed by atoms with Crippen LogP contribution in [-0.4, -0.2) is 5.11 Å². The molecule has 0 spiro atoms. The SMILES string of the molecule is Cc1cccc(CBr)c1.Nc1cccc(CO)c1. The van der Waals surface area contributed by atoms with Gasteiger partial charge in [0.25, 0.3) is 0 Å². The van der Waals surface area contributed by atoms with E-state index in [2.05, 4.69) is 47.1 Å². The molecule has 0 aliphatic heterocycles. The molecule has 96 valence electrons. The Balaban J connectivity index is 0.000000180. The zero-order valence-electron chi connectivity index (χ0n) is 10.4. The van der Waals surface area contributed by atoms with Gasteiger partial charge in [-0.1, -0.05) is 57.9 Å². The van der Waals surface area contributed by atoms with Crippen LogP contribution in [0.2, 0.25) is 0 Å². The van der Waals surface area contributed by atoms with Crippen molar-refractivity contribution >= 4 is 21.6 Å². The molecule has 0 aliphatic rings. The van der Waals surface area contributed by atoms with Gasteiger partial charge in [0.1, 0.15) is 0 Å². The van der Waals surface area contributed by atoms with Crippen LogP contribution in [-0.2, 0) is 11.9 Å². The molecule has 0 heterocycles. The number of rotatable bonds is 2. The van der Waals surface area contributed by atoms with Crippen LogP contribution >= 0.6 is 15.9 Å². The lowest BCUT2D eigenvalue weighted by molar-refractivity contribution is 0.282. The molecule has 0 saturated heterocycles. The maximum atomic E-state index is 8.61. The Kier molecular flexibility index (Phi) is 6.47. The minimum atomic E-state index is 0.0606. The van der Waals surface area contributed by atoms with Crippen molar-refractivity contribution in [2.45, 2.75) is 18.9 Å².